The highest BCUT2D eigenvalue weighted by atomic mass is 16.3. The molecule has 7 aromatic carbocycles. The monoisotopic (exact) mass is 866 g/mol. The second-order valence-corrected chi connectivity index (χ2v) is 18.5. The summed E-state index contributed by atoms with van der Waals surface area (Å²) in [5, 5.41) is 11.7. The van der Waals surface area contributed by atoms with Gasteiger partial charge in [-0.2, -0.15) is 0 Å². The van der Waals surface area contributed by atoms with E-state index in [0.29, 0.717) is 61.6 Å². The number of phenolic OH excluding ortho intramolecular Hbond substituents is 1. The molecule has 0 saturated heterocycles. The molecule has 0 unspecified atom stereocenters. The van der Waals surface area contributed by atoms with E-state index in [-0.39, 0.29) is 27.9 Å². The maximum Gasteiger partial charge on any atom is 0.149 e. The number of nitrogens with zero attached hydrogens (tertiary/aromatic N) is 3. The third kappa shape index (κ3) is 8.54. The lowest BCUT2D eigenvalue weighted by Gasteiger charge is -2.22. The molecule has 9 aromatic rings. The van der Waals surface area contributed by atoms with Crippen LogP contribution in [0.25, 0.3) is 83.9 Å². The Hall–Kier alpha value is -7.04. The van der Waals surface area contributed by atoms with Crippen molar-refractivity contribution in [1.29, 1.82) is 0 Å². The molecule has 0 aliphatic heterocycles. The number of para-hydroxylation sites is 2. The van der Waals surface area contributed by atoms with Gasteiger partial charge in [0, 0.05) is 39.3 Å². The molecule has 2 heterocycles. The highest BCUT2D eigenvalue weighted by Gasteiger charge is 2.25. The van der Waals surface area contributed by atoms with Crippen molar-refractivity contribution in [2.45, 2.75) is 85.2 Å². The van der Waals surface area contributed by atoms with Gasteiger partial charge in [0.05, 0.1) is 33.5 Å². The number of aromatic hydroxyl groups is 1. The van der Waals surface area contributed by atoms with Crippen LogP contribution in [0.2, 0.25) is 0 Å². The number of pyridine rings is 1. The van der Waals surface area contributed by atoms with Crippen LogP contribution in [-0.2, 0) is 16.2 Å². The molecule has 324 valence electrons. The molecular formula is C61H59N3O. The molecule has 0 bridgehead atoms. The summed E-state index contributed by atoms with van der Waals surface area (Å²) in [4.78, 5) is 10.1. The summed E-state index contributed by atoms with van der Waals surface area (Å²) in [5.74, 6) is 0.266. The van der Waals surface area contributed by atoms with Crippen molar-refractivity contribution in [1.82, 2.24) is 14.5 Å². The van der Waals surface area contributed by atoms with Crippen molar-refractivity contribution < 1.29 is 27.0 Å². The Morgan fingerprint density at radius 2 is 1.18 bits per heavy atom. The molecule has 0 amide bonds. The van der Waals surface area contributed by atoms with Gasteiger partial charge in [-0.15, -0.1) is 0 Å². The predicted molar refractivity (Wildman–Crippen MR) is 274 cm³/mol. The fourth-order valence-corrected chi connectivity index (χ4v) is 8.18. The highest BCUT2D eigenvalue weighted by molar-refractivity contribution is 5.98. The number of hydrogen-bond acceptors (Lipinski definition) is 3. The van der Waals surface area contributed by atoms with Gasteiger partial charge in [0.25, 0.3) is 0 Å². The summed E-state index contributed by atoms with van der Waals surface area (Å²) in [6.07, 6.45) is 1.40. The predicted octanol–water partition coefficient (Wildman–Crippen LogP) is 16.3. The first-order valence-corrected chi connectivity index (χ1v) is 21.5. The van der Waals surface area contributed by atoms with Crippen molar-refractivity contribution in [3.05, 3.63) is 192 Å². The lowest BCUT2D eigenvalue weighted by Crippen LogP contribution is -2.11. The van der Waals surface area contributed by atoms with E-state index in [9.17, 15) is 5.11 Å². The number of hydrogen-bond donors (Lipinski definition) is 1. The first-order valence-electron chi connectivity index (χ1n) is 29.5. The van der Waals surface area contributed by atoms with Gasteiger partial charge < -0.3 is 5.11 Å². The third-order valence-electron chi connectivity index (χ3n) is 11.8. The number of fused-ring (bicyclic) bond motifs is 1. The molecule has 0 atom stereocenters. The van der Waals surface area contributed by atoms with Gasteiger partial charge in [-0.25, -0.2) is 4.98 Å². The summed E-state index contributed by atoms with van der Waals surface area (Å²) < 4.78 is 139. The molecule has 0 aliphatic rings. The number of aromatic nitrogens is 3. The second kappa shape index (κ2) is 16.5. The van der Waals surface area contributed by atoms with Crippen LogP contribution in [0.15, 0.2) is 170 Å². The molecule has 0 spiro atoms. The van der Waals surface area contributed by atoms with Crippen LogP contribution in [-0.4, -0.2) is 19.6 Å². The van der Waals surface area contributed by atoms with Crippen LogP contribution < -0.4 is 0 Å². The molecule has 0 fully saturated rings. The van der Waals surface area contributed by atoms with Gasteiger partial charge in [-0.3, -0.25) is 9.55 Å². The minimum Gasteiger partial charge on any atom is -0.507 e. The Morgan fingerprint density at radius 3 is 1.88 bits per heavy atom. The smallest absolute Gasteiger partial charge is 0.149 e. The van der Waals surface area contributed by atoms with Crippen LogP contribution in [0.4, 0.5) is 0 Å². The van der Waals surface area contributed by atoms with Gasteiger partial charge in [0.2, 0.25) is 0 Å². The summed E-state index contributed by atoms with van der Waals surface area (Å²) >= 11 is 0. The highest BCUT2D eigenvalue weighted by Crippen LogP contribution is 2.43. The molecule has 9 rings (SSSR count). The maximum absolute atomic E-state index is 11.7. The summed E-state index contributed by atoms with van der Waals surface area (Å²) in [6, 6.07) is 38.6. The lowest BCUT2D eigenvalue weighted by atomic mass is 9.83. The molecule has 0 saturated carbocycles. The van der Waals surface area contributed by atoms with E-state index in [0.717, 1.165) is 22.3 Å². The number of phenols is 1. The van der Waals surface area contributed by atoms with E-state index in [1.165, 1.54) is 18.3 Å². The first kappa shape index (κ1) is 28.0. The second-order valence-electron chi connectivity index (χ2n) is 18.5. The van der Waals surface area contributed by atoms with E-state index in [2.05, 4.69) is 32.9 Å². The fraction of sp³-hybridized carbons (Fsp3) is 0.213. The van der Waals surface area contributed by atoms with Crippen molar-refractivity contribution in [2.24, 2.45) is 0 Å². The van der Waals surface area contributed by atoms with Gasteiger partial charge in [0.15, 0.2) is 0 Å². The van der Waals surface area contributed by atoms with Gasteiger partial charge in [-0.05, 0) is 133 Å². The van der Waals surface area contributed by atoms with Crippen LogP contribution in [0, 0.1) is 6.85 Å². The van der Waals surface area contributed by atoms with Crippen LogP contribution >= 0.6 is 0 Å². The SMILES string of the molecule is [2H]c1c([2H])c(C(C([2H])([2H])[2H])(C([2H])([2H])[2H])C([2H])([2H])[2H])c([2H])c([2H])c1-c1ccnc(-c2cc(-c3cccc4c3nc(-c3ccccc3O)n4-c3cc(C([2H])([2H])[2H])c(-c4ccccc4)cc3-c3ccc(C(C)(C)C)cc3)cc(C(C)(C)C)c2)c1. The summed E-state index contributed by atoms with van der Waals surface area (Å²) in [7, 11) is 0. The molecule has 4 heteroatoms. The maximum atomic E-state index is 11.7. The van der Waals surface area contributed by atoms with Crippen molar-refractivity contribution in [3.8, 4) is 78.6 Å². The standard InChI is InChI=1S/C61H59N3O/c1-39-33-55(52(38-51(39)41-17-12-11-13-18-41)42-25-29-47(30-26-42)60(5,6)7)64-54-21-16-20-49(57(54)63-58(64)50-19-14-15-22-56(50)65)44-34-45(36-48(35-44)61(8,9)10)53-37-43(31-32-62-53)40-23-27-46(28-24-40)59(2,3)4/h11-38,65H,1-10H3/i1D3,2D3,3D3,4D3,23D,24D,27D,28D. The molecule has 0 radical (unpaired) electrons. The Balaban J connectivity index is 1.30. The average molecular weight is 866 g/mol. The third-order valence-corrected chi connectivity index (χ3v) is 11.8. The molecule has 4 nitrogen and oxygen atoms in total. The minimum absolute atomic E-state index is 0.0610. The Bertz CT molecular complexity index is 3830. The summed E-state index contributed by atoms with van der Waals surface area (Å²) in [5.41, 5.74) is 3.03. The lowest BCUT2D eigenvalue weighted by molar-refractivity contribution is 0.477. The number of imidazole rings is 1. The molecule has 2 aromatic heterocycles. The van der Waals surface area contributed by atoms with E-state index >= 15 is 0 Å². The van der Waals surface area contributed by atoms with E-state index < -0.39 is 68.0 Å². The number of benzene rings is 7. The van der Waals surface area contributed by atoms with Crippen LogP contribution in [0.3, 0.4) is 0 Å². The topological polar surface area (TPSA) is 50.9 Å². The van der Waals surface area contributed by atoms with E-state index in [1.807, 2.05) is 110 Å². The zero-order chi connectivity index (χ0) is 59.3. The van der Waals surface area contributed by atoms with E-state index in [1.54, 1.807) is 30.3 Å². The Kier molecular flexibility index (Phi) is 7.11. The molecular weight excluding hydrogens is 791 g/mol. The van der Waals surface area contributed by atoms with Crippen molar-refractivity contribution in [2.75, 3.05) is 0 Å². The Labute approximate surface area is 407 Å². The number of rotatable bonds is 7. The zero-order valence-electron chi connectivity index (χ0n) is 53.1. The first-order chi connectivity index (χ1) is 37.6. The quantitative estimate of drug-likeness (QED) is 0.174. The largest absolute Gasteiger partial charge is 0.507 e. The van der Waals surface area contributed by atoms with Crippen molar-refractivity contribution >= 4 is 11.0 Å². The average Bonchev–Trinajstić information content (AvgIpc) is 3.89. The zero-order valence-corrected chi connectivity index (χ0v) is 37.1. The number of aryl methyl sites for hydroxylation is 1. The minimum atomic E-state index is -3.83. The molecule has 0 aliphatic carbocycles. The van der Waals surface area contributed by atoms with Crippen molar-refractivity contribution in [3.63, 3.8) is 0 Å². The van der Waals surface area contributed by atoms with Gasteiger partial charge >= 0.3 is 0 Å². The molecule has 65 heavy (non-hydrogen) atoms. The Morgan fingerprint density at radius 1 is 0.508 bits per heavy atom. The van der Waals surface area contributed by atoms with E-state index in [4.69, 9.17) is 31.9 Å². The molecule has 1 N–H and O–H groups in total. The van der Waals surface area contributed by atoms with Gasteiger partial charge in [-0.1, -0.05) is 171 Å². The van der Waals surface area contributed by atoms with Crippen LogP contribution in [0.1, 0.15) is 106 Å². The summed E-state index contributed by atoms with van der Waals surface area (Å²) in [6.45, 7) is -1.57. The van der Waals surface area contributed by atoms with Gasteiger partial charge in [0.1, 0.15) is 11.6 Å². The normalized spacial score (nSPS) is 16.6. The fourth-order valence-electron chi connectivity index (χ4n) is 8.18. The van der Waals surface area contributed by atoms with Crippen LogP contribution in [0.5, 0.6) is 5.75 Å².